The third kappa shape index (κ3) is 4.15. The summed E-state index contributed by atoms with van der Waals surface area (Å²) in [5.74, 6) is 0.619. The second-order valence-corrected chi connectivity index (χ2v) is 8.48. The minimum Gasteiger partial charge on any atom is -0.459 e. The second kappa shape index (κ2) is 7.61. The van der Waals surface area contributed by atoms with Crippen molar-refractivity contribution in [3.8, 4) is 0 Å². The largest absolute Gasteiger partial charge is 0.459 e. The summed E-state index contributed by atoms with van der Waals surface area (Å²) in [5, 5.41) is 15.5. The van der Waals surface area contributed by atoms with Gasteiger partial charge in [-0.1, -0.05) is 18.2 Å². The Hall–Kier alpha value is -2.91. The molecule has 9 heteroatoms. The Morgan fingerprint density at radius 1 is 1.07 bits per heavy atom. The van der Waals surface area contributed by atoms with Crippen molar-refractivity contribution in [2.24, 2.45) is 0 Å². The number of para-hydroxylation sites is 1. The number of nitrogens with zero attached hydrogens (tertiary/aromatic N) is 1. The maximum atomic E-state index is 12.3. The fraction of sp³-hybridized carbons (Fsp3) is 0.263. The molecule has 0 amide bonds. The molecule has 0 aliphatic heterocycles. The average molecular weight is 403 g/mol. The van der Waals surface area contributed by atoms with Crippen LogP contribution in [0.5, 0.6) is 0 Å². The van der Waals surface area contributed by atoms with E-state index in [2.05, 4.69) is 10.0 Å². The molecule has 0 radical (unpaired) electrons. The van der Waals surface area contributed by atoms with Gasteiger partial charge in [0.1, 0.15) is 17.0 Å². The number of nitrogens with one attached hydrogen (secondary N) is 2. The predicted molar refractivity (Wildman–Crippen MR) is 107 cm³/mol. The van der Waals surface area contributed by atoms with Crippen LogP contribution < -0.4 is 10.0 Å². The second-order valence-electron chi connectivity index (χ2n) is 6.76. The van der Waals surface area contributed by atoms with Crippen LogP contribution in [-0.2, 0) is 10.0 Å². The summed E-state index contributed by atoms with van der Waals surface area (Å²) in [6, 6.07) is 12.5. The number of benzene rings is 2. The van der Waals surface area contributed by atoms with Crippen molar-refractivity contribution in [2.75, 3.05) is 5.32 Å². The van der Waals surface area contributed by atoms with Gasteiger partial charge >= 0.3 is 0 Å². The molecule has 2 aromatic carbocycles. The van der Waals surface area contributed by atoms with Gasteiger partial charge in [-0.3, -0.25) is 10.1 Å². The predicted octanol–water partition coefficient (Wildman–Crippen LogP) is 4.20. The lowest BCUT2D eigenvalue weighted by Crippen LogP contribution is -2.30. The van der Waals surface area contributed by atoms with Gasteiger partial charge in [0.25, 0.3) is 5.69 Å². The summed E-state index contributed by atoms with van der Waals surface area (Å²) >= 11 is 0. The monoisotopic (exact) mass is 403 g/mol. The average Bonchev–Trinajstić information content (AvgIpc) is 3.05. The van der Waals surface area contributed by atoms with Gasteiger partial charge in [0, 0.05) is 17.5 Å². The van der Waals surface area contributed by atoms with Crippen molar-refractivity contribution in [1.29, 1.82) is 0 Å². The fourth-order valence-electron chi connectivity index (χ4n) is 2.85. The minimum absolute atomic E-state index is 0.158. The van der Waals surface area contributed by atoms with Gasteiger partial charge < -0.3 is 9.73 Å². The zero-order chi connectivity index (χ0) is 20.5. The van der Waals surface area contributed by atoms with Crippen molar-refractivity contribution in [2.45, 2.75) is 37.8 Å². The molecule has 8 nitrogen and oxygen atoms in total. The van der Waals surface area contributed by atoms with Crippen molar-refractivity contribution in [3.05, 3.63) is 64.4 Å². The Morgan fingerprint density at radius 3 is 2.43 bits per heavy atom. The quantitative estimate of drug-likeness (QED) is 0.451. The summed E-state index contributed by atoms with van der Waals surface area (Å²) in [7, 11) is -3.83. The van der Waals surface area contributed by atoms with Crippen LogP contribution in [0.3, 0.4) is 0 Å². The van der Waals surface area contributed by atoms with E-state index in [0.29, 0.717) is 5.76 Å². The van der Waals surface area contributed by atoms with Gasteiger partial charge in [-0.05, 0) is 45.0 Å². The van der Waals surface area contributed by atoms with Gasteiger partial charge in [-0.2, -0.15) is 0 Å². The molecule has 0 aliphatic carbocycles. The highest BCUT2D eigenvalue weighted by Gasteiger charge is 2.23. The van der Waals surface area contributed by atoms with E-state index >= 15 is 0 Å². The molecule has 1 aromatic heterocycles. The molecular weight excluding hydrogens is 382 g/mol. The standard InChI is InChI=1S/C19H21N3O5S/c1-12(2)21-28(25,26)15-8-9-16(17(11-15)22(23)24)20-13(3)19-10-14-6-4-5-7-18(14)27-19/h4-13,20-21H,1-3H3/t13-/m0/s1. The zero-order valence-electron chi connectivity index (χ0n) is 15.7. The number of furan rings is 1. The number of hydrogen-bond acceptors (Lipinski definition) is 6. The molecule has 1 heterocycles. The maximum absolute atomic E-state index is 12.3. The van der Waals surface area contributed by atoms with Crippen molar-refractivity contribution < 1.29 is 17.8 Å². The number of hydrogen-bond donors (Lipinski definition) is 2. The molecule has 3 aromatic rings. The minimum atomic E-state index is -3.83. The highest BCUT2D eigenvalue weighted by molar-refractivity contribution is 7.89. The molecule has 0 saturated carbocycles. The summed E-state index contributed by atoms with van der Waals surface area (Å²) in [6.07, 6.45) is 0. The molecule has 0 unspecified atom stereocenters. The number of rotatable bonds is 7. The lowest BCUT2D eigenvalue weighted by atomic mass is 10.2. The van der Waals surface area contributed by atoms with Crippen LogP contribution in [0.1, 0.15) is 32.6 Å². The van der Waals surface area contributed by atoms with Crippen molar-refractivity contribution in [1.82, 2.24) is 4.72 Å². The number of nitro groups is 1. The SMILES string of the molecule is CC(C)NS(=O)(=O)c1ccc(N[C@@H](C)c2cc3ccccc3o2)c([N+](=O)[O-])c1. The summed E-state index contributed by atoms with van der Waals surface area (Å²) < 4.78 is 32.8. The van der Waals surface area contributed by atoms with Gasteiger partial charge in [-0.15, -0.1) is 0 Å². The first kappa shape index (κ1) is 19.8. The van der Waals surface area contributed by atoms with Crippen LogP contribution in [0.25, 0.3) is 11.0 Å². The maximum Gasteiger partial charge on any atom is 0.293 e. The van der Waals surface area contributed by atoms with Gasteiger partial charge in [0.15, 0.2) is 0 Å². The smallest absolute Gasteiger partial charge is 0.293 e. The molecule has 0 aliphatic rings. The number of anilines is 1. The highest BCUT2D eigenvalue weighted by atomic mass is 32.2. The Kier molecular flexibility index (Phi) is 5.39. The topological polar surface area (TPSA) is 114 Å². The van der Waals surface area contributed by atoms with E-state index in [1.54, 1.807) is 13.8 Å². The lowest BCUT2D eigenvalue weighted by molar-refractivity contribution is -0.384. The van der Waals surface area contributed by atoms with Crippen LogP contribution in [0, 0.1) is 10.1 Å². The van der Waals surface area contributed by atoms with E-state index in [1.165, 1.54) is 12.1 Å². The molecule has 1 atom stereocenters. The van der Waals surface area contributed by atoms with E-state index in [9.17, 15) is 18.5 Å². The van der Waals surface area contributed by atoms with Gasteiger partial charge in [-0.25, -0.2) is 13.1 Å². The normalized spacial score (nSPS) is 13.0. The fourth-order valence-corrected chi connectivity index (χ4v) is 4.12. The molecule has 148 valence electrons. The van der Waals surface area contributed by atoms with Crippen LogP contribution >= 0.6 is 0 Å². The van der Waals surface area contributed by atoms with Crippen LogP contribution in [0.2, 0.25) is 0 Å². The Bertz CT molecular complexity index is 1090. The molecule has 3 rings (SSSR count). The van der Waals surface area contributed by atoms with Gasteiger partial charge in [0.05, 0.1) is 15.9 Å². The zero-order valence-corrected chi connectivity index (χ0v) is 16.5. The van der Waals surface area contributed by atoms with E-state index in [4.69, 9.17) is 4.42 Å². The lowest BCUT2D eigenvalue weighted by Gasteiger charge is -2.14. The van der Waals surface area contributed by atoms with E-state index in [0.717, 1.165) is 17.0 Å². The Labute approximate surface area is 162 Å². The summed E-state index contributed by atoms with van der Waals surface area (Å²) in [5.41, 5.74) is 0.609. The number of sulfonamides is 1. The molecule has 2 N–H and O–H groups in total. The molecule has 0 bridgehead atoms. The van der Waals surface area contributed by atoms with Crippen molar-refractivity contribution >= 4 is 32.4 Å². The summed E-state index contributed by atoms with van der Waals surface area (Å²) in [4.78, 5) is 10.7. The van der Waals surface area contributed by atoms with E-state index < -0.39 is 14.9 Å². The third-order valence-corrected chi connectivity index (χ3v) is 5.77. The van der Waals surface area contributed by atoms with Gasteiger partial charge in [0.2, 0.25) is 10.0 Å². The Morgan fingerprint density at radius 2 is 1.79 bits per heavy atom. The molecule has 0 fully saturated rings. The molecule has 0 spiro atoms. The molecule has 28 heavy (non-hydrogen) atoms. The molecule has 0 saturated heterocycles. The first-order valence-corrected chi connectivity index (χ1v) is 10.2. The van der Waals surface area contributed by atoms with E-state index in [1.807, 2.05) is 37.3 Å². The van der Waals surface area contributed by atoms with E-state index in [-0.39, 0.29) is 28.4 Å². The third-order valence-electron chi connectivity index (χ3n) is 4.11. The Balaban J connectivity index is 1.91. The van der Waals surface area contributed by atoms with Crippen molar-refractivity contribution in [3.63, 3.8) is 0 Å². The van der Waals surface area contributed by atoms with Crippen LogP contribution in [0.15, 0.2) is 57.8 Å². The first-order valence-electron chi connectivity index (χ1n) is 8.73. The number of fused-ring (bicyclic) bond motifs is 1. The van der Waals surface area contributed by atoms with Crippen LogP contribution in [0.4, 0.5) is 11.4 Å². The summed E-state index contributed by atoms with van der Waals surface area (Å²) in [6.45, 7) is 5.17. The highest BCUT2D eigenvalue weighted by Crippen LogP contribution is 2.32. The number of nitro benzene ring substituents is 1. The van der Waals surface area contributed by atoms with Crippen LogP contribution in [-0.4, -0.2) is 19.4 Å². The molecular formula is C19H21N3O5S. The first-order chi connectivity index (χ1) is 13.2.